The van der Waals surface area contributed by atoms with E-state index >= 15 is 0 Å². The average molecular weight is 356 g/mol. The van der Waals surface area contributed by atoms with Gasteiger partial charge in [-0.1, -0.05) is 20.8 Å². The lowest BCUT2D eigenvalue weighted by atomic mass is 10.5. The molecule has 0 aromatic rings. The van der Waals surface area contributed by atoms with Crippen molar-refractivity contribution in [2.45, 2.75) is 79.7 Å². The molecule has 7 nitrogen and oxygen atoms in total. The van der Waals surface area contributed by atoms with Crippen LogP contribution in [0.25, 0.3) is 0 Å². The Kier molecular flexibility index (Phi) is 13.3. The minimum atomic E-state index is -3.88. The van der Waals surface area contributed by atoms with Crippen molar-refractivity contribution < 1.29 is 32.3 Å². The number of rotatable bonds is 15. The highest BCUT2D eigenvalue weighted by atomic mass is 31.2. The number of phosphoric acid groups is 1. The van der Waals surface area contributed by atoms with Crippen LogP contribution in [-0.2, 0) is 32.3 Å². The van der Waals surface area contributed by atoms with Crippen molar-refractivity contribution in [3.05, 3.63) is 0 Å². The van der Waals surface area contributed by atoms with Crippen LogP contribution in [-0.4, -0.2) is 38.7 Å². The van der Waals surface area contributed by atoms with Gasteiger partial charge in [0.1, 0.15) is 0 Å². The molecule has 0 aromatic heterocycles. The third-order valence-corrected chi connectivity index (χ3v) is 4.17. The molecule has 0 aliphatic carbocycles. The molecule has 3 unspecified atom stereocenters. The van der Waals surface area contributed by atoms with Gasteiger partial charge in [0.15, 0.2) is 18.9 Å². The van der Waals surface area contributed by atoms with Gasteiger partial charge in [-0.2, -0.15) is 0 Å². The maximum absolute atomic E-state index is 12.8. The zero-order valence-electron chi connectivity index (χ0n) is 15.3. The Morgan fingerprint density at radius 1 is 0.652 bits per heavy atom. The van der Waals surface area contributed by atoms with Crippen molar-refractivity contribution in [3.8, 4) is 0 Å². The minimum Gasteiger partial charge on any atom is -0.352 e. The first kappa shape index (κ1) is 23.0. The summed E-state index contributed by atoms with van der Waals surface area (Å²) < 4.78 is 45.1. The van der Waals surface area contributed by atoms with Crippen molar-refractivity contribution in [1.82, 2.24) is 0 Å². The van der Waals surface area contributed by atoms with E-state index in [-0.39, 0.29) is 0 Å². The molecule has 0 amide bonds. The molecule has 0 N–H and O–H groups in total. The van der Waals surface area contributed by atoms with Crippen molar-refractivity contribution in [2.75, 3.05) is 19.8 Å². The zero-order chi connectivity index (χ0) is 17.7. The highest BCUT2D eigenvalue weighted by Gasteiger charge is 2.35. The predicted octanol–water partition coefficient (Wildman–Crippen LogP) is 4.46. The van der Waals surface area contributed by atoms with E-state index in [1.54, 1.807) is 20.8 Å². The number of ether oxygens (including phenoxy) is 3. The third kappa shape index (κ3) is 12.1. The molecule has 0 aromatic carbocycles. The second-order valence-corrected chi connectivity index (χ2v) is 6.61. The smallest absolute Gasteiger partial charge is 0.352 e. The van der Waals surface area contributed by atoms with Gasteiger partial charge in [0.2, 0.25) is 0 Å². The van der Waals surface area contributed by atoms with Gasteiger partial charge in [-0.15, -0.1) is 0 Å². The van der Waals surface area contributed by atoms with Crippen molar-refractivity contribution >= 4 is 7.82 Å². The van der Waals surface area contributed by atoms with Crippen molar-refractivity contribution in [3.63, 3.8) is 0 Å². The van der Waals surface area contributed by atoms with E-state index in [1.165, 1.54) is 0 Å². The summed E-state index contributed by atoms with van der Waals surface area (Å²) in [5, 5.41) is 0. The fourth-order valence-corrected chi connectivity index (χ4v) is 2.99. The summed E-state index contributed by atoms with van der Waals surface area (Å²) in [6.07, 6.45) is 0.302. The molecule has 0 saturated carbocycles. The van der Waals surface area contributed by atoms with Gasteiger partial charge in [-0.05, 0) is 40.0 Å². The largest absolute Gasteiger partial charge is 0.481 e. The van der Waals surface area contributed by atoms with Gasteiger partial charge in [0.05, 0.1) is 0 Å². The van der Waals surface area contributed by atoms with Crippen LogP contribution >= 0.6 is 7.82 Å². The average Bonchev–Trinajstić information content (AvgIpc) is 2.48. The van der Waals surface area contributed by atoms with Crippen LogP contribution in [0.15, 0.2) is 0 Å². The fourth-order valence-electron chi connectivity index (χ4n) is 1.56. The third-order valence-electron chi connectivity index (χ3n) is 2.50. The van der Waals surface area contributed by atoms with Gasteiger partial charge >= 0.3 is 7.82 Å². The molecule has 23 heavy (non-hydrogen) atoms. The van der Waals surface area contributed by atoms with Crippen LogP contribution < -0.4 is 0 Å². The molecule has 140 valence electrons. The highest BCUT2D eigenvalue weighted by molar-refractivity contribution is 7.48. The predicted molar refractivity (Wildman–Crippen MR) is 88.0 cm³/mol. The summed E-state index contributed by atoms with van der Waals surface area (Å²) in [6, 6.07) is 0. The van der Waals surface area contributed by atoms with E-state index in [2.05, 4.69) is 0 Å². The first-order valence-electron chi connectivity index (χ1n) is 8.36. The lowest BCUT2D eigenvalue weighted by molar-refractivity contribution is -0.147. The Balaban J connectivity index is 4.70. The topological polar surface area (TPSA) is 72.5 Å². The van der Waals surface area contributed by atoms with Gasteiger partial charge in [-0.25, -0.2) is 4.57 Å². The standard InChI is InChI=1S/C15H33O7P/c1-7-10-17-13(4)20-23(16,21-14(5)18-11-8-2)22-15(6)19-12-9-3/h13-15H,7-12H2,1-6H3. The molecular formula is C15H33O7P. The summed E-state index contributed by atoms with van der Waals surface area (Å²) in [4.78, 5) is 0. The summed E-state index contributed by atoms with van der Waals surface area (Å²) >= 11 is 0. The molecule has 0 aliphatic heterocycles. The number of hydrogen-bond acceptors (Lipinski definition) is 7. The second kappa shape index (κ2) is 13.3. The Morgan fingerprint density at radius 2 is 0.913 bits per heavy atom. The van der Waals surface area contributed by atoms with Crippen molar-refractivity contribution in [2.24, 2.45) is 0 Å². The van der Waals surface area contributed by atoms with Crippen molar-refractivity contribution in [1.29, 1.82) is 0 Å². The van der Waals surface area contributed by atoms with Gasteiger partial charge < -0.3 is 14.2 Å². The summed E-state index contributed by atoms with van der Waals surface area (Å²) in [5.41, 5.74) is 0. The molecule has 3 atom stereocenters. The highest BCUT2D eigenvalue weighted by Crippen LogP contribution is 2.53. The van der Waals surface area contributed by atoms with E-state index in [0.29, 0.717) is 19.8 Å². The Morgan fingerprint density at radius 3 is 1.13 bits per heavy atom. The quantitative estimate of drug-likeness (QED) is 0.317. The van der Waals surface area contributed by atoms with Crippen LogP contribution in [0, 0.1) is 0 Å². The Hall–Kier alpha value is -0.0100. The summed E-state index contributed by atoms with van der Waals surface area (Å²) in [5.74, 6) is 0. The van der Waals surface area contributed by atoms with Crippen LogP contribution in [0.4, 0.5) is 0 Å². The van der Waals surface area contributed by atoms with Crippen LogP contribution in [0.3, 0.4) is 0 Å². The van der Waals surface area contributed by atoms with Crippen LogP contribution in [0.2, 0.25) is 0 Å². The lowest BCUT2D eigenvalue weighted by Gasteiger charge is -2.26. The van der Waals surface area contributed by atoms with Gasteiger partial charge in [0.25, 0.3) is 0 Å². The minimum absolute atomic E-state index is 0.491. The van der Waals surface area contributed by atoms with Gasteiger partial charge in [0, 0.05) is 19.8 Å². The first-order chi connectivity index (χ1) is 10.9. The number of hydrogen-bond donors (Lipinski definition) is 0. The van der Waals surface area contributed by atoms with Crippen LogP contribution in [0.5, 0.6) is 0 Å². The molecule has 0 fully saturated rings. The Labute approximate surface area is 140 Å². The number of phosphoric ester groups is 1. The molecule has 0 radical (unpaired) electrons. The van der Waals surface area contributed by atoms with E-state index in [0.717, 1.165) is 19.3 Å². The van der Waals surface area contributed by atoms with E-state index in [4.69, 9.17) is 27.8 Å². The monoisotopic (exact) mass is 356 g/mol. The molecule has 0 aliphatic rings. The Bertz CT molecular complexity index is 279. The van der Waals surface area contributed by atoms with E-state index in [1.807, 2.05) is 20.8 Å². The molecule has 0 rings (SSSR count). The van der Waals surface area contributed by atoms with E-state index in [9.17, 15) is 4.57 Å². The molecule has 0 spiro atoms. The first-order valence-corrected chi connectivity index (χ1v) is 9.82. The molecule has 0 heterocycles. The summed E-state index contributed by atoms with van der Waals surface area (Å²) in [6.45, 7) is 12.3. The molecular weight excluding hydrogens is 323 g/mol. The molecule has 8 heteroatoms. The van der Waals surface area contributed by atoms with E-state index < -0.39 is 26.7 Å². The SMILES string of the molecule is CCCOC(C)OP(=O)(OC(C)OCCC)OC(C)OCCC. The molecule has 0 saturated heterocycles. The fraction of sp³-hybridized carbons (Fsp3) is 1.00. The van der Waals surface area contributed by atoms with Gasteiger partial charge in [-0.3, -0.25) is 13.6 Å². The maximum Gasteiger partial charge on any atom is 0.481 e. The maximum atomic E-state index is 12.8. The lowest BCUT2D eigenvalue weighted by Crippen LogP contribution is -2.22. The normalized spacial score (nSPS) is 18.3. The molecule has 0 bridgehead atoms. The zero-order valence-corrected chi connectivity index (χ0v) is 16.2. The van der Waals surface area contributed by atoms with Crippen LogP contribution in [0.1, 0.15) is 60.8 Å². The summed E-state index contributed by atoms with van der Waals surface area (Å²) in [7, 11) is -3.88. The second-order valence-electron chi connectivity index (χ2n) is 5.08.